The maximum atomic E-state index is 13.3. The lowest BCUT2D eigenvalue weighted by molar-refractivity contribution is 0.301. The molecule has 0 aliphatic carbocycles. The molecule has 0 aromatic heterocycles. The number of ether oxygens (including phenoxy) is 1. The Balaban J connectivity index is 2.21. The highest BCUT2D eigenvalue weighted by molar-refractivity contribution is 14.1. The Bertz CT molecular complexity index is 674. The maximum absolute atomic E-state index is 13.3. The van der Waals surface area contributed by atoms with Gasteiger partial charge in [-0.05, 0) is 104 Å². The summed E-state index contributed by atoms with van der Waals surface area (Å²) in [5.74, 6) is 0.365. The quantitative estimate of drug-likeness (QED) is 0.458. The fourth-order valence-corrected chi connectivity index (χ4v) is 5.51. The number of hydrogen-bond acceptors (Lipinski definition) is 2. The first-order valence-corrected chi connectivity index (χ1v) is 8.70. The summed E-state index contributed by atoms with van der Waals surface area (Å²) in [6.07, 6.45) is 0. The van der Waals surface area contributed by atoms with Gasteiger partial charge in [0.05, 0.1) is 18.8 Å². The average Bonchev–Trinajstić information content (AvgIpc) is 2.36. The van der Waals surface area contributed by atoms with E-state index in [0.717, 1.165) is 16.5 Å². The van der Waals surface area contributed by atoms with Gasteiger partial charge >= 0.3 is 0 Å². The van der Waals surface area contributed by atoms with Gasteiger partial charge in [0.25, 0.3) is 0 Å². The van der Waals surface area contributed by atoms with Gasteiger partial charge in [-0.25, -0.2) is 4.39 Å². The average molecular weight is 605 g/mol. The lowest BCUT2D eigenvalue weighted by Crippen LogP contribution is -2.00. The van der Waals surface area contributed by atoms with Gasteiger partial charge in [0.2, 0.25) is 0 Å². The SMILES string of the molecule is N#Cc1cc(F)cc(COc2c(I)cc(I)cc2I)c1. The molecule has 0 saturated heterocycles. The zero-order chi connectivity index (χ0) is 14.7. The summed E-state index contributed by atoms with van der Waals surface area (Å²) in [6.45, 7) is 0.235. The van der Waals surface area contributed by atoms with Crippen LogP contribution in [0, 0.1) is 27.9 Å². The zero-order valence-corrected chi connectivity index (χ0v) is 16.4. The second kappa shape index (κ2) is 7.22. The number of rotatable bonds is 3. The van der Waals surface area contributed by atoms with Crippen molar-refractivity contribution in [2.75, 3.05) is 0 Å². The molecule has 0 heterocycles. The standard InChI is InChI=1S/C14H7FI3NO/c15-10-2-8(6-19)1-9(3-10)7-20-14-12(17)4-11(16)5-13(14)18/h1-5H,7H2. The molecule has 0 spiro atoms. The molecule has 0 unspecified atom stereocenters. The van der Waals surface area contributed by atoms with Crippen LogP contribution in [0.15, 0.2) is 30.3 Å². The first-order chi connectivity index (χ1) is 9.49. The second-order valence-corrected chi connectivity index (χ2v) is 7.52. The van der Waals surface area contributed by atoms with Crippen molar-refractivity contribution < 1.29 is 9.13 Å². The molecule has 0 bridgehead atoms. The molecule has 0 N–H and O–H groups in total. The Kier molecular flexibility index (Phi) is 5.85. The van der Waals surface area contributed by atoms with E-state index in [2.05, 4.69) is 67.8 Å². The minimum absolute atomic E-state index is 0.235. The molecule has 0 radical (unpaired) electrons. The minimum Gasteiger partial charge on any atom is -0.487 e. The zero-order valence-electron chi connectivity index (χ0n) is 9.96. The van der Waals surface area contributed by atoms with Crippen molar-refractivity contribution in [1.82, 2.24) is 0 Å². The van der Waals surface area contributed by atoms with E-state index >= 15 is 0 Å². The highest BCUT2D eigenvalue weighted by Crippen LogP contribution is 2.30. The van der Waals surface area contributed by atoms with E-state index in [9.17, 15) is 4.39 Å². The Morgan fingerprint density at radius 1 is 1.05 bits per heavy atom. The summed E-state index contributed by atoms with van der Waals surface area (Å²) in [4.78, 5) is 0. The van der Waals surface area contributed by atoms with Gasteiger partial charge in [-0.15, -0.1) is 0 Å². The van der Waals surface area contributed by atoms with E-state index in [1.165, 1.54) is 12.1 Å². The summed E-state index contributed by atoms with van der Waals surface area (Å²) in [7, 11) is 0. The summed E-state index contributed by atoms with van der Waals surface area (Å²) >= 11 is 6.68. The van der Waals surface area contributed by atoms with Crippen LogP contribution in [0.1, 0.15) is 11.1 Å². The van der Waals surface area contributed by atoms with Gasteiger partial charge in [-0.2, -0.15) is 5.26 Å². The molecule has 0 atom stereocenters. The lowest BCUT2D eigenvalue weighted by Gasteiger charge is -2.11. The van der Waals surface area contributed by atoms with Crippen molar-refractivity contribution in [1.29, 1.82) is 5.26 Å². The van der Waals surface area contributed by atoms with E-state index in [-0.39, 0.29) is 6.61 Å². The topological polar surface area (TPSA) is 33.0 Å². The fourth-order valence-electron chi connectivity index (χ4n) is 1.62. The van der Waals surface area contributed by atoms with Crippen molar-refractivity contribution in [2.45, 2.75) is 6.61 Å². The van der Waals surface area contributed by atoms with Crippen molar-refractivity contribution in [3.8, 4) is 11.8 Å². The number of halogens is 4. The first kappa shape index (κ1) is 16.2. The van der Waals surface area contributed by atoms with E-state index in [1.54, 1.807) is 6.07 Å². The van der Waals surface area contributed by atoms with Crippen molar-refractivity contribution in [2.24, 2.45) is 0 Å². The van der Waals surface area contributed by atoms with Crippen LogP contribution in [0.3, 0.4) is 0 Å². The third-order valence-electron chi connectivity index (χ3n) is 2.43. The van der Waals surface area contributed by atoms with Gasteiger partial charge < -0.3 is 4.74 Å². The molecular formula is C14H7FI3NO. The highest BCUT2D eigenvalue weighted by atomic mass is 127. The number of hydrogen-bond donors (Lipinski definition) is 0. The third kappa shape index (κ3) is 4.17. The van der Waals surface area contributed by atoms with Gasteiger partial charge in [-0.3, -0.25) is 0 Å². The highest BCUT2D eigenvalue weighted by Gasteiger charge is 2.09. The van der Waals surface area contributed by atoms with Gasteiger partial charge in [0.1, 0.15) is 18.2 Å². The number of nitriles is 1. The third-order valence-corrected chi connectivity index (χ3v) is 4.66. The molecule has 0 saturated carbocycles. The molecular weight excluding hydrogens is 598 g/mol. The van der Waals surface area contributed by atoms with Crippen LogP contribution in [-0.2, 0) is 6.61 Å². The first-order valence-electron chi connectivity index (χ1n) is 5.46. The Hall–Kier alpha value is -0.150. The molecule has 0 aliphatic heterocycles. The van der Waals surface area contributed by atoms with Crippen molar-refractivity contribution in [3.63, 3.8) is 0 Å². The lowest BCUT2D eigenvalue weighted by atomic mass is 10.1. The van der Waals surface area contributed by atoms with Crippen molar-refractivity contribution in [3.05, 3.63) is 58.0 Å². The van der Waals surface area contributed by atoms with Gasteiger partial charge in [0.15, 0.2) is 0 Å². The molecule has 0 fully saturated rings. The van der Waals surface area contributed by atoms with E-state index in [0.29, 0.717) is 11.1 Å². The second-order valence-electron chi connectivity index (χ2n) is 3.95. The predicted molar refractivity (Wildman–Crippen MR) is 100 cm³/mol. The van der Waals surface area contributed by atoms with Crippen LogP contribution < -0.4 is 4.74 Å². The Labute approximate surface area is 157 Å². The summed E-state index contributed by atoms with van der Waals surface area (Å²) in [5.41, 5.74) is 0.947. The summed E-state index contributed by atoms with van der Waals surface area (Å²) in [6, 6.07) is 10.2. The van der Waals surface area contributed by atoms with E-state index < -0.39 is 5.82 Å². The Morgan fingerprint density at radius 2 is 1.70 bits per heavy atom. The molecule has 2 rings (SSSR count). The van der Waals surface area contributed by atoms with E-state index in [1.807, 2.05) is 18.2 Å². The predicted octanol–water partition coefficient (Wildman–Crippen LogP) is 5.09. The van der Waals surface area contributed by atoms with Gasteiger partial charge in [0, 0.05) is 3.57 Å². The molecule has 2 nitrogen and oxygen atoms in total. The van der Waals surface area contributed by atoms with Crippen molar-refractivity contribution >= 4 is 67.8 Å². The summed E-state index contributed by atoms with van der Waals surface area (Å²) in [5, 5.41) is 8.83. The molecule has 2 aromatic rings. The van der Waals surface area contributed by atoms with Crippen LogP contribution in [0.2, 0.25) is 0 Å². The molecule has 0 amide bonds. The largest absolute Gasteiger partial charge is 0.487 e. The normalized spacial score (nSPS) is 10.2. The van der Waals surface area contributed by atoms with Crippen LogP contribution >= 0.6 is 67.8 Å². The van der Waals surface area contributed by atoms with Crippen LogP contribution in [0.25, 0.3) is 0 Å². The monoisotopic (exact) mass is 605 g/mol. The smallest absolute Gasteiger partial charge is 0.146 e. The van der Waals surface area contributed by atoms with Crippen LogP contribution in [0.5, 0.6) is 5.75 Å². The molecule has 0 aliphatic rings. The molecule has 20 heavy (non-hydrogen) atoms. The summed E-state index contributed by atoms with van der Waals surface area (Å²) < 4.78 is 22.3. The maximum Gasteiger partial charge on any atom is 0.146 e. The number of nitrogens with zero attached hydrogens (tertiary/aromatic N) is 1. The van der Waals surface area contributed by atoms with Crippen LogP contribution in [0.4, 0.5) is 4.39 Å². The molecule has 2 aromatic carbocycles. The van der Waals surface area contributed by atoms with Gasteiger partial charge in [-0.1, -0.05) is 0 Å². The minimum atomic E-state index is -0.422. The number of benzene rings is 2. The fraction of sp³-hybridized carbons (Fsp3) is 0.0714. The Morgan fingerprint density at radius 3 is 2.30 bits per heavy atom. The molecule has 102 valence electrons. The van der Waals surface area contributed by atoms with E-state index in [4.69, 9.17) is 10.00 Å². The molecule has 6 heteroatoms. The van der Waals surface area contributed by atoms with Crippen LogP contribution in [-0.4, -0.2) is 0 Å².